The molecule has 6 nitrogen and oxygen atoms in total. The molecular formula is C18H29NO5S. The topological polar surface area (TPSA) is 76.1 Å². The molecule has 0 saturated carbocycles. The van der Waals surface area contributed by atoms with Crippen LogP contribution in [0, 0.1) is 0 Å². The van der Waals surface area contributed by atoms with Gasteiger partial charge in [-0.3, -0.25) is 0 Å². The van der Waals surface area contributed by atoms with Crippen LogP contribution in [0.25, 0.3) is 0 Å². The smallest absolute Gasteiger partial charge is 0.216 e. The SMILES string of the molecule is COc1ccc([C@](C)(O)[C@H]2CCCN2S(=O)(=O)CCOC(C)C)cc1. The first-order chi connectivity index (χ1) is 11.7. The zero-order valence-electron chi connectivity index (χ0n) is 15.4. The zero-order valence-corrected chi connectivity index (χ0v) is 16.3. The molecule has 0 bridgehead atoms. The van der Waals surface area contributed by atoms with Crippen LogP contribution >= 0.6 is 0 Å². The average Bonchev–Trinajstić information content (AvgIpc) is 3.06. The number of rotatable bonds is 8. The van der Waals surface area contributed by atoms with Gasteiger partial charge >= 0.3 is 0 Å². The minimum absolute atomic E-state index is 0.00742. The fourth-order valence-electron chi connectivity index (χ4n) is 3.26. The molecule has 0 radical (unpaired) electrons. The molecule has 0 spiro atoms. The predicted octanol–water partition coefficient (Wildman–Crippen LogP) is 2.12. The van der Waals surface area contributed by atoms with Crippen LogP contribution in [-0.4, -0.2) is 56.0 Å². The van der Waals surface area contributed by atoms with Gasteiger partial charge in [-0.25, -0.2) is 8.42 Å². The highest BCUT2D eigenvalue weighted by Gasteiger charge is 2.45. The van der Waals surface area contributed by atoms with E-state index >= 15 is 0 Å². The molecule has 0 aliphatic carbocycles. The summed E-state index contributed by atoms with van der Waals surface area (Å²) in [6.45, 7) is 6.02. The number of benzene rings is 1. The monoisotopic (exact) mass is 371 g/mol. The Bertz CT molecular complexity index is 655. The van der Waals surface area contributed by atoms with E-state index in [2.05, 4.69) is 0 Å². The number of nitrogens with zero attached hydrogens (tertiary/aromatic N) is 1. The number of ether oxygens (including phenoxy) is 2. The summed E-state index contributed by atoms with van der Waals surface area (Å²) in [4.78, 5) is 0. The van der Waals surface area contributed by atoms with E-state index in [1.54, 1.807) is 38.3 Å². The van der Waals surface area contributed by atoms with Gasteiger partial charge in [0.25, 0.3) is 0 Å². The third-order valence-corrected chi connectivity index (χ3v) is 6.51. The normalized spacial score (nSPS) is 21.4. The van der Waals surface area contributed by atoms with Crippen molar-refractivity contribution in [2.24, 2.45) is 0 Å². The van der Waals surface area contributed by atoms with E-state index in [0.717, 1.165) is 6.42 Å². The summed E-state index contributed by atoms with van der Waals surface area (Å²) in [6.07, 6.45) is 1.36. The Labute approximate surface area is 150 Å². The summed E-state index contributed by atoms with van der Waals surface area (Å²) in [5.41, 5.74) is -0.590. The largest absolute Gasteiger partial charge is 0.497 e. The molecule has 0 amide bonds. The van der Waals surface area contributed by atoms with Gasteiger partial charge in [0, 0.05) is 6.54 Å². The Balaban J connectivity index is 2.18. The summed E-state index contributed by atoms with van der Waals surface area (Å²) in [5, 5.41) is 11.1. The standard InChI is InChI=1S/C18H29NO5S/c1-14(2)24-12-13-25(21,22)19-11-5-6-17(19)18(3,20)15-7-9-16(23-4)10-8-15/h7-10,14,17,20H,5-6,11-13H2,1-4H3/t17-,18+/m1/s1. The minimum atomic E-state index is -3.49. The highest BCUT2D eigenvalue weighted by atomic mass is 32.2. The quantitative estimate of drug-likeness (QED) is 0.757. The molecule has 1 fully saturated rings. The lowest BCUT2D eigenvalue weighted by molar-refractivity contribution is -0.000986. The predicted molar refractivity (Wildman–Crippen MR) is 97.2 cm³/mol. The Kier molecular flexibility index (Phi) is 6.48. The van der Waals surface area contributed by atoms with Gasteiger partial charge in [0.05, 0.1) is 31.6 Å². The number of sulfonamides is 1. The molecule has 1 aromatic rings. The van der Waals surface area contributed by atoms with Gasteiger partial charge in [0.15, 0.2) is 0 Å². The van der Waals surface area contributed by atoms with Crippen LogP contribution in [0.5, 0.6) is 5.75 Å². The summed E-state index contributed by atoms with van der Waals surface area (Å²) in [6, 6.07) is 6.63. The molecule has 0 aromatic heterocycles. The average molecular weight is 371 g/mol. The second kappa shape index (κ2) is 8.03. The maximum atomic E-state index is 12.7. The van der Waals surface area contributed by atoms with E-state index in [1.165, 1.54) is 4.31 Å². The molecule has 25 heavy (non-hydrogen) atoms. The molecule has 1 N–H and O–H groups in total. The van der Waals surface area contributed by atoms with Crippen molar-refractivity contribution in [3.8, 4) is 5.75 Å². The number of methoxy groups -OCH3 is 1. The lowest BCUT2D eigenvalue weighted by Gasteiger charge is -2.36. The van der Waals surface area contributed by atoms with Crippen LogP contribution in [0.2, 0.25) is 0 Å². The lowest BCUT2D eigenvalue weighted by atomic mass is 9.87. The molecule has 1 aliphatic rings. The summed E-state index contributed by atoms with van der Waals surface area (Å²) in [5.74, 6) is 0.627. The highest BCUT2D eigenvalue weighted by Crippen LogP contribution is 2.36. The van der Waals surface area contributed by atoms with Gasteiger partial charge < -0.3 is 14.6 Å². The molecule has 2 rings (SSSR count). The van der Waals surface area contributed by atoms with Crippen molar-refractivity contribution < 1.29 is 23.0 Å². The van der Waals surface area contributed by atoms with Gasteiger partial charge in [-0.15, -0.1) is 0 Å². The van der Waals surface area contributed by atoms with E-state index in [9.17, 15) is 13.5 Å². The van der Waals surface area contributed by atoms with Gasteiger partial charge in [0.2, 0.25) is 10.0 Å². The number of hydrogen-bond donors (Lipinski definition) is 1. The second-order valence-corrected chi connectivity index (χ2v) is 8.92. The summed E-state index contributed by atoms with van der Waals surface area (Å²) >= 11 is 0. The van der Waals surface area contributed by atoms with E-state index in [0.29, 0.717) is 24.3 Å². The van der Waals surface area contributed by atoms with Crippen molar-refractivity contribution in [3.05, 3.63) is 29.8 Å². The van der Waals surface area contributed by atoms with Crippen LogP contribution in [0.4, 0.5) is 0 Å². The number of hydrogen-bond acceptors (Lipinski definition) is 5. The maximum Gasteiger partial charge on any atom is 0.216 e. The van der Waals surface area contributed by atoms with Gasteiger partial charge in [-0.2, -0.15) is 4.31 Å². The first-order valence-corrected chi connectivity index (χ1v) is 10.3. The van der Waals surface area contributed by atoms with Crippen LogP contribution in [0.1, 0.15) is 39.2 Å². The number of aliphatic hydroxyl groups is 1. The maximum absolute atomic E-state index is 12.7. The van der Waals surface area contributed by atoms with Crippen LogP contribution in [-0.2, 0) is 20.4 Å². The second-order valence-electron chi connectivity index (χ2n) is 6.88. The van der Waals surface area contributed by atoms with E-state index in [-0.39, 0.29) is 18.5 Å². The van der Waals surface area contributed by atoms with Crippen molar-refractivity contribution in [2.45, 2.75) is 51.4 Å². The molecule has 2 atom stereocenters. The Morgan fingerprint density at radius 2 is 1.96 bits per heavy atom. The molecular weight excluding hydrogens is 342 g/mol. The highest BCUT2D eigenvalue weighted by molar-refractivity contribution is 7.89. The third kappa shape index (κ3) is 4.73. The molecule has 1 aromatic carbocycles. The van der Waals surface area contributed by atoms with Crippen molar-refractivity contribution in [1.29, 1.82) is 0 Å². The summed E-state index contributed by atoms with van der Waals surface area (Å²) < 4.78 is 37.4. The minimum Gasteiger partial charge on any atom is -0.497 e. The van der Waals surface area contributed by atoms with Crippen LogP contribution < -0.4 is 4.74 Å². The van der Waals surface area contributed by atoms with Crippen molar-refractivity contribution in [3.63, 3.8) is 0 Å². The third-order valence-electron chi connectivity index (χ3n) is 4.68. The van der Waals surface area contributed by atoms with Gasteiger partial charge in [-0.05, 0) is 51.3 Å². The first-order valence-electron chi connectivity index (χ1n) is 8.66. The molecule has 1 heterocycles. The van der Waals surface area contributed by atoms with E-state index in [4.69, 9.17) is 9.47 Å². The fraction of sp³-hybridized carbons (Fsp3) is 0.667. The Hall–Kier alpha value is -1.15. The zero-order chi connectivity index (χ0) is 18.7. The molecule has 1 saturated heterocycles. The molecule has 7 heteroatoms. The van der Waals surface area contributed by atoms with Crippen molar-refractivity contribution in [1.82, 2.24) is 4.31 Å². The van der Waals surface area contributed by atoms with E-state index in [1.807, 2.05) is 13.8 Å². The van der Waals surface area contributed by atoms with Crippen LogP contribution in [0.3, 0.4) is 0 Å². The molecule has 1 aliphatic heterocycles. The fourth-order valence-corrected chi connectivity index (χ4v) is 4.91. The van der Waals surface area contributed by atoms with Gasteiger partial charge in [-0.1, -0.05) is 12.1 Å². The lowest BCUT2D eigenvalue weighted by Crippen LogP contribution is -2.49. The Morgan fingerprint density at radius 3 is 2.52 bits per heavy atom. The molecule has 0 unspecified atom stereocenters. The first kappa shape index (κ1) is 20.2. The molecule has 142 valence electrons. The van der Waals surface area contributed by atoms with Crippen molar-refractivity contribution >= 4 is 10.0 Å². The van der Waals surface area contributed by atoms with Gasteiger partial charge in [0.1, 0.15) is 11.4 Å². The van der Waals surface area contributed by atoms with Crippen molar-refractivity contribution in [2.75, 3.05) is 26.0 Å². The van der Waals surface area contributed by atoms with Crippen LogP contribution in [0.15, 0.2) is 24.3 Å². The summed E-state index contributed by atoms with van der Waals surface area (Å²) in [7, 11) is -1.90. The van der Waals surface area contributed by atoms with E-state index < -0.39 is 21.7 Å². The Morgan fingerprint density at radius 1 is 1.32 bits per heavy atom.